The van der Waals surface area contributed by atoms with Crippen molar-refractivity contribution in [3.05, 3.63) is 35.4 Å². The molecule has 0 bridgehead atoms. The summed E-state index contributed by atoms with van der Waals surface area (Å²) < 4.78 is 56.3. The maximum absolute atomic E-state index is 10.6. The minimum Gasteiger partial charge on any atom is -0.507 e. The topological polar surface area (TPSA) is 182 Å². The summed E-state index contributed by atoms with van der Waals surface area (Å²) in [5.74, 6) is 1.94. The summed E-state index contributed by atoms with van der Waals surface area (Å²) in [6.07, 6.45) is 3.25. The number of phenols is 2. The van der Waals surface area contributed by atoms with Crippen LogP contribution in [0.4, 0.5) is 0 Å². The van der Waals surface area contributed by atoms with Crippen molar-refractivity contribution in [3.8, 4) is 34.5 Å². The molecule has 0 radical (unpaired) electrons. The van der Waals surface area contributed by atoms with Gasteiger partial charge in [0.05, 0.1) is 92.4 Å². The Bertz CT molecular complexity index is 1230. The van der Waals surface area contributed by atoms with Crippen LogP contribution in [0.15, 0.2) is 34.3 Å². The van der Waals surface area contributed by atoms with E-state index in [0.717, 1.165) is 13.1 Å². The third-order valence-corrected chi connectivity index (χ3v) is 7.39. The summed E-state index contributed by atoms with van der Waals surface area (Å²) >= 11 is 0. The van der Waals surface area contributed by atoms with Gasteiger partial charge in [-0.25, -0.2) is 0 Å². The Hall–Kier alpha value is -3.74. The molecular formula is C36H54N4O12. The van der Waals surface area contributed by atoms with E-state index >= 15 is 0 Å². The number of ether oxygens (including phenoxy) is 10. The highest BCUT2D eigenvalue weighted by molar-refractivity contribution is 5.85. The Balaban J connectivity index is 1.13. The highest BCUT2D eigenvalue weighted by Gasteiger charge is 2.13. The smallest absolute Gasteiger partial charge is 0.165 e. The zero-order chi connectivity index (χ0) is 36.3. The summed E-state index contributed by atoms with van der Waals surface area (Å²) in [5.41, 5.74) is 1.06. The van der Waals surface area contributed by atoms with Crippen LogP contribution in [0.2, 0.25) is 0 Å². The van der Waals surface area contributed by atoms with Crippen LogP contribution in [0.1, 0.15) is 11.1 Å². The Labute approximate surface area is 305 Å². The molecule has 4 N–H and O–H groups in total. The Morgan fingerprint density at radius 2 is 0.712 bits per heavy atom. The molecule has 2 aliphatic heterocycles. The van der Waals surface area contributed by atoms with Crippen molar-refractivity contribution in [2.24, 2.45) is 9.98 Å². The van der Waals surface area contributed by atoms with Crippen molar-refractivity contribution in [2.75, 3.05) is 145 Å². The van der Waals surface area contributed by atoms with Crippen LogP contribution in [0.5, 0.6) is 34.5 Å². The van der Waals surface area contributed by atoms with E-state index in [4.69, 9.17) is 47.4 Å². The minimum atomic E-state index is 0.0452. The second-order valence-electron chi connectivity index (χ2n) is 11.4. The lowest BCUT2D eigenvalue weighted by Crippen LogP contribution is -2.30. The molecule has 0 saturated heterocycles. The number of hydrogen-bond acceptors (Lipinski definition) is 16. The van der Waals surface area contributed by atoms with Gasteiger partial charge in [0.1, 0.15) is 37.9 Å². The molecule has 16 heteroatoms. The third kappa shape index (κ3) is 16.7. The van der Waals surface area contributed by atoms with Gasteiger partial charge in [-0.2, -0.15) is 0 Å². The SMILES string of the molecule is Oc1cc2c(cc1C=NCCNCCNCCN=Cc1cc3c(cc1O)OCCOCCOCCOCCO3)OCCOCCOCCOCCO2. The fourth-order valence-corrected chi connectivity index (χ4v) is 4.75. The average molecular weight is 735 g/mol. The number of phenolic OH excluding ortho intramolecular Hbond substituents is 2. The molecule has 0 fully saturated rings. The van der Waals surface area contributed by atoms with E-state index in [0.29, 0.717) is 166 Å². The van der Waals surface area contributed by atoms with Gasteiger partial charge in [0.2, 0.25) is 0 Å². The highest BCUT2D eigenvalue weighted by Crippen LogP contribution is 2.35. The van der Waals surface area contributed by atoms with Gasteiger partial charge >= 0.3 is 0 Å². The molecule has 0 atom stereocenters. The standard InChI is InChI=1S/C36H54N4O12/c41-31-25-35-33(49-19-15-45-11-7-43-9-13-47-17-21-51-35)23-29(31)27-39-5-3-37-1-2-38-4-6-40-28-30-24-34-36(26-32(30)42)52-22-18-48-14-10-44-8-12-46-16-20-50-34/h23-28,37-38,41-42H,1-22H2. The molecule has 0 amide bonds. The van der Waals surface area contributed by atoms with Crippen LogP contribution in [0.3, 0.4) is 0 Å². The number of rotatable bonds is 11. The van der Waals surface area contributed by atoms with Gasteiger partial charge in [-0.05, 0) is 12.1 Å². The molecule has 2 heterocycles. The van der Waals surface area contributed by atoms with Gasteiger partial charge in [-0.3, -0.25) is 9.98 Å². The van der Waals surface area contributed by atoms with Crippen LogP contribution >= 0.6 is 0 Å². The number of fused-ring (bicyclic) bond motifs is 2. The van der Waals surface area contributed by atoms with E-state index in [9.17, 15) is 10.2 Å². The monoisotopic (exact) mass is 734 g/mol. The minimum absolute atomic E-state index is 0.0452. The van der Waals surface area contributed by atoms with Gasteiger partial charge in [0.25, 0.3) is 0 Å². The molecule has 16 nitrogen and oxygen atoms in total. The summed E-state index contributed by atoms with van der Waals surface area (Å²) in [7, 11) is 0. The van der Waals surface area contributed by atoms with Crippen LogP contribution in [0.25, 0.3) is 0 Å². The van der Waals surface area contributed by atoms with Crippen molar-refractivity contribution in [1.29, 1.82) is 0 Å². The van der Waals surface area contributed by atoms with Gasteiger partial charge < -0.3 is 68.2 Å². The van der Waals surface area contributed by atoms with Crippen LogP contribution in [-0.4, -0.2) is 168 Å². The summed E-state index contributed by atoms with van der Waals surface area (Å²) in [6, 6.07) is 6.48. The first kappa shape index (κ1) is 41.0. The lowest BCUT2D eigenvalue weighted by molar-refractivity contribution is 0.00708. The first-order chi connectivity index (χ1) is 25.7. The largest absolute Gasteiger partial charge is 0.507 e. The number of aromatic hydroxyl groups is 2. The lowest BCUT2D eigenvalue weighted by Gasteiger charge is -2.14. The molecule has 2 aliphatic rings. The lowest BCUT2D eigenvalue weighted by atomic mass is 10.2. The second-order valence-corrected chi connectivity index (χ2v) is 11.4. The number of hydrogen-bond donors (Lipinski definition) is 4. The summed E-state index contributed by atoms with van der Waals surface area (Å²) in [4.78, 5) is 8.90. The Morgan fingerprint density at radius 1 is 0.423 bits per heavy atom. The maximum atomic E-state index is 10.6. The van der Waals surface area contributed by atoms with Crippen molar-refractivity contribution < 1.29 is 57.6 Å². The van der Waals surface area contributed by atoms with Crippen LogP contribution < -0.4 is 29.6 Å². The van der Waals surface area contributed by atoms with Gasteiger partial charge in [0.15, 0.2) is 23.0 Å². The predicted octanol–water partition coefficient (Wildman–Crippen LogP) is 1.46. The van der Waals surface area contributed by atoms with E-state index in [1.54, 1.807) is 24.6 Å². The number of nitrogens with zero attached hydrogens (tertiary/aromatic N) is 2. The zero-order valence-corrected chi connectivity index (χ0v) is 29.9. The van der Waals surface area contributed by atoms with Gasteiger partial charge in [-0.15, -0.1) is 0 Å². The van der Waals surface area contributed by atoms with Crippen molar-refractivity contribution >= 4 is 12.4 Å². The van der Waals surface area contributed by atoms with Crippen molar-refractivity contribution in [1.82, 2.24) is 10.6 Å². The van der Waals surface area contributed by atoms with E-state index in [2.05, 4.69) is 20.6 Å². The number of nitrogens with one attached hydrogen (secondary N) is 2. The molecule has 2 aromatic carbocycles. The molecular weight excluding hydrogens is 680 g/mol. The molecule has 4 rings (SSSR count). The molecule has 52 heavy (non-hydrogen) atoms. The van der Waals surface area contributed by atoms with Crippen molar-refractivity contribution in [3.63, 3.8) is 0 Å². The molecule has 0 unspecified atom stereocenters. The normalized spacial score (nSPS) is 17.9. The molecule has 0 aliphatic carbocycles. The van der Waals surface area contributed by atoms with E-state index in [-0.39, 0.29) is 11.5 Å². The maximum Gasteiger partial charge on any atom is 0.165 e. The zero-order valence-electron chi connectivity index (χ0n) is 29.9. The fraction of sp³-hybridized carbons (Fsp3) is 0.611. The quantitative estimate of drug-likeness (QED) is 0.192. The van der Waals surface area contributed by atoms with Crippen molar-refractivity contribution in [2.45, 2.75) is 0 Å². The number of benzene rings is 2. The van der Waals surface area contributed by atoms with Gasteiger partial charge in [-0.1, -0.05) is 0 Å². The van der Waals surface area contributed by atoms with E-state index < -0.39 is 0 Å². The first-order valence-electron chi connectivity index (χ1n) is 17.8. The second kappa shape index (κ2) is 26.1. The average Bonchev–Trinajstić information content (AvgIpc) is 3.16. The molecule has 290 valence electrons. The van der Waals surface area contributed by atoms with E-state index in [1.807, 2.05) is 0 Å². The molecule has 0 spiro atoms. The highest BCUT2D eigenvalue weighted by atomic mass is 16.6. The number of aliphatic imine (C=N–C) groups is 2. The van der Waals surface area contributed by atoms with Crippen LogP contribution in [0, 0.1) is 0 Å². The molecule has 0 aromatic heterocycles. The first-order valence-corrected chi connectivity index (χ1v) is 17.8. The van der Waals surface area contributed by atoms with Gasteiger partial charge in [0, 0.05) is 61.9 Å². The predicted molar refractivity (Wildman–Crippen MR) is 194 cm³/mol. The third-order valence-electron chi connectivity index (χ3n) is 7.39. The Morgan fingerprint density at radius 3 is 1.04 bits per heavy atom. The van der Waals surface area contributed by atoms with E-state index in [1.165, 1.54) is 12.1 Å². The summed E-state index contributed by atoms with van der Waals surface area (Å²) in [5, 5.41) is 27.8. The molecule has 0 saturated carbocycles. The summed E-state index contributed by atoms with van der Waals surface area (Å²) in [6.45, 7) is 10.6. The van der Waals surface area contributed by atoms with Crippen LogP contribution in [-0.2, 0) is 28.4 Å². The molecule has 2 aromatic rings. The fourth-order valence-electron chi connectivity index (χ4n) is 4.75. The Kier molecular flexibility index (Phi) is 20.6.